The van der Waals surface area contributed by atoms with Crippen LogP contribution < -0.4 is 0 Å². The van der Waals surface area contributed by atoms with Crippen LogP contribution in [-0.4, -0.2) is 33.8 Å². The average Bonchev–Trinajstić information content (AvgIpc) is 2.68. The van der Waals surface area contributed by atoms with Gasteiger partial charge in [0.15, 0.2) is 5.78 Å². The number of ether oxygens (including phenoxy) is 1. The number of carbonyl (C=O) groups is 1. The Bertz CT molecular complexity index is 332. The zero-order valence-corrected chi connectivity index (χ0v) is 10.1. The molecule has 0 radical (unpaired) electrons. The van der Waals surface area contributed by atoms with Gasteiger partial charge in [0, 0.05) is 13.7 Å². The molecule has 0 aromatic carbocycles. The fourth-order valence-electron chi connectivity index (χ4n) is 1.62. The first kappa shape index (κ1) is 12.8. The number of hydrogen-bond acceptors (Lipinski definition) is 4. The highest BCUT2D eigenvalue weighted by atomic mass is 16.5. The van der Waals surface area contributed by atoms with Crippen molar-refractivity contribution in [3.8, 4) is 0 Å². The Morgan fingerprint density at radius 3 is 2.88 bits per heavy atom. The van der Waals surface area contributed by atoms with E-state index in [0.717, 1.165) is 18.8 Å². The van der Waals surface area contributed by atoms with E-state index in [0.29, 0.717) is 12.8 Å². The molecule has 0 aliphatic carbocycles. The molecular formula is C11H19N3O2. The summed E-state index contributed by atoms with van der Waals surface area (Å²) in [6.45, 7) is 4.80. The van der Waals surface area contributed by atoms with Crippen LogP contribution in [0.3, 0.4) is 0 Å². The van der Waals surface area contributed by atoms with Crippen LogP contribution in [0.15, 0.2) is 6.33 Å². The van der Waals surface area contributed by atoms with Crippen molar-refractivity contribution in [3.63, 3.8) is 0 Å². The van der Waals surface area contributed by atoms with Gasteiger partial charge in [0.2, 0.25) is 0 Å². The van der Waals surface area contributed by atoms with E-state index in [9.17, 15) is 4.79 Å². The van der Waals surface area contributed by atoms with E-state index in [4.69, 9.17) is 4.74 Å². The van der Waals surface area contributed by atoms with Gasteiger partial charge in [-0.3, -0.25) is 4.79 Å². The van der Waals surface area contributed by atoms with Crippen LogP contribution in [0.5, 0.6) is 0 Å². The van der Waals surface area contributed by atoms with Gasteiger partial charge in [-0.15, -0.1) is 0 Å². The maximum Gasteiger partial charge on any atom is 0.169 e. The number of carbonyl (C=O) groups excluding carboxylic acids is 1. The van der Waals surface area contributed by atoms with Crippen molar-refractivity contribution in [1.29, 1.82) is 0 Å². The highest BCUT2D eigenvalue weighted by Crippen LogP contribution is 2.04. The number of rotatable bonds is 7. The summed E-state index contributed by atoms with van der Waals surface area (Å²) in [6, 6.07) is 0. The summed E-state index contributed by atoms with van der Waals surface area (Å²) in [7, 11) is 1.56. The normalized spacial score (nSPS) is 12.7. The molecule has 0 fully saturated rings. The average molecular weight is 225 g/mol. The predicted octanol–water partition coefficient (Wildman–Crippen LogP) is 1.22. The molecule has 1 atom stereocenters. The molecule has 90 valence electrons. The van der Waals surface area contributed by atoms with E-state index in [-0.39, 0.29) is 11.9 Å². The molecule has 1 aromatic heterocycles. The zero-order valence-electron chi connectivity index (χ0n) is 10.1. The molecule has 5 nitrogen and oxygen atoms in total. The van der Waals surface area contributed by atoms with Crippen molar-refractivity contribution in [2.75, 3.05) is 7.11 Å². The van der Waals surface area contributed by atoms with Gasteiger partial charge in [-0.1, -0.05) is 13.8 Å². The van der Waals surface area contributed by atoms with Crippen LogP contribution in [0, 0.1) is 0 Å². The fraction of sp³-hybridized carbons (Fsp3) is 0.727. The van der Waals surface area contributed by atoms with Crippen molar-refractivity contribution < 1.29 is 9.53 Å². The molecule has 5 heteroatoms. The Kier molecular flexibility index (Phi) is 5.11. The third-order valence-electron chi connectivity index (χ3n) is 2.48. The van der Waals surface area contributed by atoms with Crippen LogP contribution in [0.4, 0.5) is 0 Å². The molecule has 1 rings (SSSR count). The van der Waals surface area contributed by atoms with Crippen molar-refractivity contribution in [2.45, 2.75) is 45.8 Å². The summed E-state index contributed by atoms with van der Waals surface area (Å²) in [5, 5.41) is 4.08. The minimum absolute atomic E-state index is 0.0651. The fourth-order valence-corrected chi connectivity index (χ4v) is 1.62. The Morgan fingerprint density at radius 1 is 1.56 bits per heavy atom. The molecular weight excluding hydrogens is 206 g/mol. The number of methoxy groups -OCH3 is 1. The van der Waals surface area contributed by atoms with Gasteiger partial charge < -0.3 is 4.74 Å². The Hall–Kier alpha value is -1.23. The standard InChI is InChI=1S/C11H19N3O2/c1-4-6-14-11(12-8-13-14)7-9(15)10(5-2)16-3/h8,10H,4-7H2,1-3H3. The molecule has 0 aliphatic heterocycles. The van der Waals surface area contributed by atoms with Gasteiger partial charge >= 0.3 is 0 Å². The Balaban J connectivity index is 2.64. The molecule has 0 bridgehead atoms. The van der Waals surface area contributed by atoms with Crippen LogP contribution in [0.2, 0.25) is 0 Å². The van der Waals surface area contributed by atoms with E-state index in [2.05, 4.69) is 17.0 Å². The Morgan fingerprint density at radius 2 is 2.31 bits per heavy atom. The Labute approximate surface area is 95.8 Å². The first-order valence-electron chi connectivity index (χ1n) is 5.65. The smallest absolute Gasteiger partial charge is 0.169 e. The molecule has 1 heterocycles. The third-order valence-corrected chi connectivity index (χ3v) is 2.48. The number of hydrogen-bond donors (Lipinski definition) is 0. The van der Waals surface area contributed by atoms with Crippen molar-refractivity contribution in [3.05, 3.63) is 12.2 Å². The molecule has 0 spiro atoms. The summed E-state index contributed by atoms with van der Waals surface area (Å²) in [5.41, 5.74) is 0. The molecule has 1 aromatic rings. The molecule has 0 aliphatic rings. The second-order valence-electron chi connectivity index (χ2n) is 3.68. The number of aromatic nitrogens is 3. The summed E-state index contributed by atoms with van der Waals surface area (Å²) in [6.07, 6.45) is 3.13. The SMILES string of the molecule is CCCn1ncnc1CC(=O)C(CC)OC. The minimum atomic E-state index is -0.327. The largest absolute Gasteiger partial charge is 0.374 e. The lowest BCUT2D eigenvalue weighted by atomic mass is 10.1. The second-order valence-corrected chi connectivity index (χ2v) is 3.68. The molecule has 0 saturated heterocycles. The van der Waals surface area contributed by atoms with Gasteiger partial charge in [0.1, 0.15) is 18.3 Å². The lowest BCUT2D eigenvalue weighted by molar-refractivity contribution is -0.128. The first-order chi connectivity index (χ1) is 7.72. The van der Waals surface area contributed by atoms with Gasteiger partial charge in [-0.05, 0) is 12.8 Å². The van der Waals surface area contributed by atoms with Gasteiger partial charge in [0.25, 0.3) is 0 Å². The van der Waals surface area contributed by atoms with Crippen molar-refractivity contribution in [1.82, 2.24) is 14.8 Å². The molecule has 0 N–H and O–H groups in total. The van der Waals surface area contributed by atoms with Crippen LogP contribution in [0.25, 0.3) is 0 Å². The topological polar surface area (TPSA) is 57.0 Å². The van der Waals surface area contributed by atoms with Crippen LogP contribution >= 0.6 is 0 Å². The molecule has 0 saturated carbocycles. The van der Waals surface area contributed by atoms with Crippen molar-refractivity contribution in [2.24, 2.45) is 0 Å². The highest BCUT2D eigenvalue weighted by Gasteiger charge is 2.18. The first-order valence-corrected chi connectivity index (χ1v) is 5.65. The summed E-state index contributed by atoms with van der Waals surface area (Å²) in [5.74, 6) is 0.790. The van der Waals surface area contributed by atoms with Gasteiger partial charge in [0.05, 0.1) is 6.42 Å². The van der Waals surface area contributed by atoms with E-state index < -0.39 is 0 Å². The maximum absolute atomic E-state index is 11.8. The number of ketones is 1. The highest BCUT2D eigenvalue weighted by molar-refractivity contribution is 5.84. The molecule has 0 amide bonds. The van der Waals surface area contributed by atoms with Gasteiger partial charge in [-0.25, -0.2) is 9.67 Å². The van der Waals surface area contributed by atoms with Gasteiger partial charge in [-0.2, -0.15) is 5.10 Å². The monoisotopic (exact) mass is 225 g/mol. The van der Waals surface area contributed by atoms with Crippen LogP contribution in [0.1, 0.15) is 32.5 Å². The molecule has 1 unspecified atom stereocenters. The molecule has 16 heavy (non-hydrogen) atoms. The van der Waals surface area contributed by atoms with E-state index >= 15 is 0 Å². The maximum atomic E-state index is 11.8. The predicted molar refractivity (Wildman–Crippen MR) is 60.1 cm³/mol. The van der Waals surface area contributed by atoms with Crippen LogP contribution in [-0.2, 0) is 22.5 Å². The van der Waals surface area contributed by atoms with E-state index in [1.54, 1.807) is 11.8 Å². The summed E-state index contributed by atoms with van der Waals surface area (Å²) in [4.78, 5) is 15.9. The van der Waals surface area contributed by atoms with E-state index in [1.165, 1.54) is 6.33 Å². The van der Waals surface area contributed by atoms with E-state index in [1.807, 2.05) is 6.92 Å². The third kappa shape index (κ3) is 3.13. The second kappa shape index (κ2) is 6.37. The quantitative estimate of drug-likeness (QED) is 0.700. The van der Waals surface area contributed by atoms with Crippen molar-refractivity contribution >= 4 is 5.78 Å². The number of Topliss-reactive ketones (excluding diaryl/α,β-unsaturated/α-hetero) is 1. The lowest BCUT2D eigenvalue weighted by Gasteiger charge is -2.11. The number of nitrogens with zero attached hydrogens (tertiary/aromatic N) is 3. The number of aryl methyl sites for hydroxylation is 1. The zero-order chi connectivity index (χ0) is 12.0. The summed E-state index contributed by atoms with van der Waals surface area (Å²) >= 11 is 0. The summed E-state index contributed by atoms with van der Waals surface area (Å²) < 4.78 is 6.88. The lowest BCUT2D eigenvalue weighted by Crippen LogP contribution is -2.25. The minimum Gasteiger partial charge on any atom is -0.374 e.